The fraction of sp³-hybridized carbons (Fsp3) is 0.706. The quantitative estimate of drug-likeness (QED) is 0.890. The second kappa shape index (κ2) is 6.17. The van der Waals surface area contributed by atoms with Crippen molar-refractivity contribution in [2.24, 2.45) is 5.92 Å². The van der Waals surface area contributed by atoms with Gasteiger partial charge in [-0.25, -0.2) is 4.79 Å². The van der Waals surface area contributed by atoms with Gasteiger partial charge in [0.1, 0.15) is 17.1 Å². The van der Waals surface area contributed by atoms with E-state index in [0.29, 0.717) is 12.5 Å². The van der Waals surface area contributed by atoms with E-state index in [4.69, 9.17) is 13.9 Å². The van der Waals surface area contributed by atoms with Crippen LogP contribution in [0.2, 0.25) is 0 Å². The molecular formula is C17H26N2O4. The lowest BCUT2D eigenvalue weighted by atomic mass is 9.71. The molecule has 4 atom stereocenters. The zero-order valence-electron chi connectivity index (χ0n) is 14.2. The summed E-state index contributed by atoms with van der Waals surface area (Å²) in [5.74, 6) is 2.15. The summed E-state index contributed by atoms with van der Waals surface area (Å²) in [6.07, 6.45) is 0.767. The zero-order chi connectivity index (χ0) is 16.6. The largest absolute Gasteiger partial charge is 0.465 e. The van der Waals surface area contributed by atoms with Gasteiger partial charge in [-0.15, -0.1) is 0 Å². The number of ether oxygens (including phenoxy) is 2. The smallest absolute Gasteiger partial charge is 0.407 e. The van der Waals surface area contributed by atoms with Crippen LogP contribution in [0.25, 0.3) is 0 Å². The second-order valence-corrected chi connectivity index (χ2v) is 7.38. The van der Waals surface area contributed by atoms with E-state index in [-0.39, 0.29) is 24.3 Å². The first kappa shape index (κ1) is 16.3. The molecule has 0 aromatic carbocycles. The molecule has 2 heterocycles. The molecule has 0 spiro atoms. The standard InChI is InChI=1S/C17H26N2O4/c1-10-5-6-11(22-10)9-18-14-13(12-7-8-21-15(12)14)19-16(20)23-17(2,3)4/h5-6,12-15,18H,7-9H2,1-4H3,(H,19,20). The molecule has 1 aliphatic heterocycles. The minimum atomic E-state index is -0.492. The van der Waals surface area contributed by atoms with Crippen molar-refractivity contribution >= 4 is 6.09 Å². The fourth-order valence-electron chi connectivity index (χ4n) is 3.39. The van der Waals surface area contributed by atoms with Crippen molar-refractivity contribution in [1.29, 1.82) is 0 Å². The molecule has 23 heavy (non-hydrogen) atoms. The number of carbonyl (C=O) groups excluding carboxylic acids is 1. The SMILES string of the molecule is Cc1ccc(CNC2C(NC(=O)OC(C)(C)C)C3CCOC32)o1. The average Bonchev–Trinajstić information content (AvgIpc) is 3.02. The van der Waals surface area contributed by atoms with Crippen molar-refractivity contribution < 1.29 is 18.7 Å². The number of carbonyl (C=O) groups is 1. The van der Waals surface area contributed by atoms with Gasteiger partial charge in [0, 0.05) is 12.5 Å². The van der Waals surface area contributed by atoms with Crippen molar-refractivity contribution in [2.45, 2.75) is 64.4 Å². The van der Waals surface area contributed by atoms with Crippen LogP contribution in [-0.2, 0) is 16.0 Å². The Balaban J connectivity index is 1.57. The van der Waals surface area contributed by atoms with E-state index in [1.165, 1.54) is 0 Å². The summed E-state index contributed by atoms with van der Waals surface area (Å²) in [4.78, 5) is 12.1. The van der Waals surface area contributed by atoms with Gasteiger partial charge in [0.2, 0.25) is 0 Å². The number of nitrogens with one attached hydrogen (secondary N) is 2. The maximum absolute atomic E-state index is 12.1. The zero-order valence-corrected chi connectivity index (χ0v) is 14.2. The van der Waals surface area contributed by atoms with Crippen molar-refractivity contribution in [1.82, 2.24) is 10.6 Å². The highest BCUT2D eigenvalue weighted by Gasteiger charge is 2.54. The maximum atomic E-state index is 12.1. The normalized spacial score (nSPS) is 29.7. The highest BCUT2D eigenvalue weighted by Crippen LogP contribution is 2.39. The fourth-order valence-corrected chi connectivity index (χ4v) is 3.39. The van der Waals surface area contributed by atoms with Crippen molar-refractivity contribution in [3.63, 3.8) is 0 Å². The van der Waals surface area contributed by atoms with Gasteiger partial charge in [-0.2, -0.15) is 0 Å². The monoisotopic (exact) mass is 322 g/mol. The van der Waals surface area contributed by atoms with Crippen molar-refractivity contribution in [3.05, 3.63) is 23.7 Å². The number of fused-ring (bicyclic) bond motifs is 1. The molecule has 0 bridgehead atoms. The van der Waals surface area contributed by atoms with Gasteiger partial charge in [0.25, 0.3) is 0 Å². The number of rotatable bonds is 4. The van der Waals surface area contributed by atoms with Gasteiger partial charge >= 0.3 is 6.09 Å². The molecule has 1 amide bonds. The molecule has 1 aromatic rings. The lowest BCUT2D eigenvalue weighted by Crippen LogP contribution is -2.70. The molecule has 2 N–H and O–H groups in total. The number of amides is 1. The average molecular weight is 322 g/mol. The van der Waals surface area contributed by atoms with Gasteiger partial charge in [-0.1, -0.05) is 0 Å². The second-order valence-electron chi connectivity index (χ2n) is 7.38. The van der Waals surface area contributed by atoms with Crippen LogP contribution in [0.5, 0.6) is 0 Å². The Labute approximate surface area is 136 Å². The first-order valence-electron chi connectivity index (χ1n) is 8.23. The van der Waals surface area contributed by atoms with Crippen LogP contribution in [0.4, 0.5) is 4.79 Å². The number of alkyl carbamates (subject to hydrolysis) is 1. The minimum absolute atomic E-state index is 0.0356. The van der Waals surface area contributed by atoms with E-state index in [0.717, 1.165) is 24.5 Å². The molecule has 1 aromatic heterocycles. The molecule has 6 heteroatoms. The Morgan fingerprint density at radius 2 is 2.13 bits per heavy atom. The van der Waals surface area contributed by atoms with Crippen LogP contribution < -0.4 is 10.6 Å². The Morgan fingerprint density at radius 3 is 2.78 bits per heavy atom. The Hall–Kier alpha value is -1.53. The van der Waals surface area contributed by atoms with Crippen LogP contribution in [-0.4, -0.2) is 36.5 Å². The first-order chi connectivity index (χ1) is 10.8. The summed E-state index contributed by atoms with van der Waals surface area (Å²) >= 11 is 0. The first-order valence-corrected chi connectivity index (χ1v) is 8.23. The van der Waals surface area contributed by atoms with Crippen LogP contribution in [0.3, 0.4) is 0 Å². The van der Waals surface area contributed by atoms with Crippen LogP contribution in [0, 0.1) is 12.8 Å². The van der Waals surface area contributed by atoms with Crippen molar-refractivity contribution in [2.75, 3.05) is 6.61 Å². The number of hydrogen-bond donors (Lipinski definition) is 2. The predicted octanol–water partition coefficient (Wildman–Crippen LogP) is 2.36. The van der Waals surface area contributed by atoms with E-state index in [2.05, 4.69) is 10.6 Å². The number of furan rings is 1. The third-order valence-corrected chi connectivity index (χ3v) is 4.38. The third-order valence-electron chi connectivity index (χ3n) is 4.38. The van der Waals surface area contributed by atoms with E-state index < -0.39 is 5.60 Å². The van der Waals surface area contributed by atoms with Crippen LogP contribution in [0.1, 0.15) is 38.7 Å². The van der Waals surface area contributed by atoms with E-state index in [1.54, 1.807) is 0 Å². The molecule has 6 nitrogen and oxygen atoms in total. The van der Waals surface area contributed by atoms with Crippen LogP contribution >= 0.6 is 0 Å². The van der Waals surface area contributed by atoms with Gasteiger partial charge in [-0.05, 0) is 46.2 Å². The van der Waals surface area contributed by atoms with E-state index in [1.807, 2.05) is 39.8 Å². The number of hydrogen-bond acceptors (Lipinski definition) is 5. The van der Waals surface area contributed by atoms with E-state index >= 15 is 0 Å². The van der Waals surface area contributed by atoms with Crippen molar-refractivity contribution in [3.8, 4) is 0 Å². The maximum Gasteiger partial charge on any atom is 0.407 e. The molecule has 0 radical (unpaired) electrons. The highest BCUT2D eigenvalue weighted by atomic mass is 16.6. The van der Waals surface area contributed by atoms with Gasteiger partial charge in [0.15, 0.2) is 0 Å². The molecule has 4 unspecified atom stereocenters. The third kappa shape index (κ3) is 3.70. The predicted molar refractivity (Wildman–Crippen MR) is 85.1 cm³/mol. The summed E-state index contributed by atoms with van der Waals surface area (Å²) in [5.41, 5.74) is -0.492. The van der Waals surface area contributed by atoms with Gasteiger partial charge in [0.05, 0.1) is 24.7 Å². The molecule has 3 rings (SSSR count). The minimum Gasteiger partial charge on any atom is -0.465 e. The van der Waals surface area contributed by atoms with E-state index in [9.17, 15) is 4.79 Å². The summed E-state index contributed by atoms with van der Waals surface area (Å²) in [6, 6.07) is 4.03. The summed E-state index contributed by atoms with van der Waals surface area (Å²) in [6.45, 7) is 8.89. The summed E-state index contributed by atoms with van der Waals surface area (Å²) in [7, 11) is 0. The summed E-state index contributed by atoms with van der Waals surface area (Å²) < 4.78 is 16.7. The van der Waals surface area contributed by atoms with Gasteiger partial charge < -0.3 is 24.5 Å². The Bertz CT molecular complexity index is 563. The molecule has 1 saturated carbocycles. The Morgan fingerprint density at radius 1 is 1.35 bits per heavy atom. The molecular weight excluding hydrogens is 296 g/mol. The molecule has 2 aliphatic rings. The molecule has 2 fully saturated rings. The molecule has 1 aliphatic carbocycles. The van der Waals surface area contributed by atoms with Gasteiger partial charge in [-0.3, -0.25) is 0 Å². The summed E-state index contributed by atoms with van der Waals surface area (Å²) in [5, 5.41) is 6.45. The lowest BCUT2D eigenvalue weighted by molar-refractivity contribution is -0.0348. The van der Waals surface area contributed by atoms with Crippen LogP contribution in [0.15, 0.2) is 16.5 Å². The number of aryl methyl sites for hydroxylation is 1. The highest BCUT2D eigenvalue weighted by molar-refractivity contribution is 5.68. The molecule has 128 valence electrons. The molecule has 1 saturated heterocycles. The lowest BCUT2D eigenvalue weighted by Gasteiger charge is -2.48. The topological polar surface area (TPSA) is 72.7 Å². The Kier molecular flexibility index (Phi) is 4.38.